The molecule has 2 unspecified atom stereocenters. The van der Waals surface area contributed by atoms with Crippen LogP contribution in [0.15, 0.2) is 48.5 Å². The van der Waals surface area contributed by atoms with Gasteiger partial charge in [-0.05, 0) is 54.5 Å². The minimum Gasteiger partial charge on any atom is -0.354 e. The number of benzene rings is 2. The van der Waals surface area contributed by atoms with Gasteiger partial charge in [-0.2, -0.15) is 0 Å². The first-order valence-corrected chi connectivity index (χ1v) is 8.99. The zero-order chi connectivity index (χ0) is 16.4. The number of carbonyl (C=O) groups is 1. The Morgan fingerprint density at radius 3 is 2.54 bits per heavy atom. The quantitative estimate of drug-likeness (QED) is 0.912. The zero-order valence-corrected chi connectivity index (χ0v) is 13.9. The molecule has 24 heavy (non-hydrogen) atoms. The van der Waals surface area contributed by atoms with Crippen LogP contribution in [0, 0.1) is 0 Å². The summed E-state index contributed by atoms with van der Waals surface area (Å²) in [5.41, 5.74) is 5.29. The van der Waals surface area contributed by atoms with Crippen molar-refractivity contribution in [2.45, 2.75) is 37.6 Å². The van der Waals surface area contributed by atoms with Crippen LogP contribution < -0.4 is 10.6 Å². The van der Waals surface area contributed by atoms with Crippen molar-refractivity contribution in [2.24, 2.45) is 0 Å². The molecule has 0 aromatic heterocycles. The van der Waals surface area contributed by atoms with E-state index in [0.29, 0.717) is 6.54 Å². The van der Waals surface area contributed by atoms with Crippen molar-refractivity contribution in [1.82, 2.24) is 10.6 Å². The van der Waals surface area contributed by atoms with E-state index in [1.807, 2.05) is 6.07 Å². The van der Waals surface area contributed by atoms with Crippen molar-refractivity contribution >= 4 is 5.91 Å². The fourth-order valence-electron chi connectivity index (χ4n) is 4.13. The Kier molecular flexibility index (Phi) is 4.35. The summed E-state index contributed by atoms with van der Waals surface area (Å²) < 4.78 is 0. The highest BCUT2D eigenvalue weighted by Crippen LogP contribution is 2.31. The van der Waals surface area contributed by atoms with Crippen molar-refractivity contribution in [3.8, 4) is 0 Å². The molecule has 0 radical (unpaired) electrons. The summed E-state index contributed by atoms with van der Waals surface area (Å²) >= 11 is 0. The lowest BCUT2D eigenvalue weighted by Crippen LogP contribution is -2.40. The summed E-state index contributed by atoms with van der Waals surface area (Å²) in [6.07, 6.45) is 4.21. The number of hydrogen-bond acceptors (Lipinski definition) is 2. The van der Waals surface area contributed by atoms with Crippen LogP contribution in [0.1, 0.15) is 47.1 Å². The average Bonchev–Trinajstić information content (AvgIpc) is 2.65. The van der Waals surface area contributed by atoms with Gasteiger partial charge in [0, 0.05) is 12.6 Å². The Balaban J connectivity index is 1.45. The number of rotatable bonds is 3. The number of hydrogen-bond donors (Lipinski definition) is 2. The Morgan fingerprint density at radius 1 is 1.00 bits per heavy atom. The summed E-state index contributed by atoms with van der Waals surface area (Å²) in [6, 6.07) is 17.2. The summed E-state index contributed by atoms with van der Waals surface area (Å²) in [5, 5.41) is 6.74. The Bertz CT molecular complexity index is 740. The van der Waals surface area contributed by atoms with Gasteiger partial charge in [0.15, 0.2) is 0 Å². The van der Waals surface area contributed by atoms with Gasteiger partial charge in [0.05, 0.1) is 5.92 Å². The highest BCUT2D eigenvalue weighted by atomic mass is 16.1. The Labute approximate surface area is 143 Å². The van der Waals surface area contributed by atoms with E-state index in [4.69, 9.17) is 0 Å². The fraction of sp³-hybridized carbons (Fsp3) is 0.381. The number of nitrogens with one attached hydrogen (secondary N) is 2. The minimum atomic E-state index is 0.00813. The smallest absolute Gasteiger partial charge is 0.227 e. The minimum absolute atomic E-state index is 0.00813. The van der Waals surface area contributed by atoms with Gasteiger partial charge in [-0.1, -0.05) is 48.5 Å². The van der Waals surface area contributed by atoms with E-state index in [2.05, 4.69) is 53.1 Å². The molecule has 0 spiro atoms. The summed E-state index contributed by atoms with van der Waals surface area (Å²) in [6.45, 7) is 1.64. The van der Waals surface area contributed by atoms with Crippen LogP contribution >= 0.6 is 0 Å². The first kappa shape index (κ1) is 15.4. The molecule has 0 fully saturated rings. The van der Waals surface area contributed by atoms with Crippen molar-refractivity contribution in [1.29, 1.82) is 0 Å². The van der Waals surface area contributed by atoms with Crippen molar-refractivity contribution in [3.63, 3.8) is 0 Å². The molecule has 3 nitrogen and oxygen atoms in total. The molecule has 0 saturated carbocycles. The normalized spacial score (nSPS) is 22.3. The molecule has 2 N–H and O–H groups in total. The molecule has 2 aliphatic rings. The van der Waals surface area contributed by atoms with Crippen LogP contribution in [-0.2, 0) is 17.6 Å². The number of aryl methyl sites for hydroxylation is 1. The lowest BCUT2D eigenvalue weighted by Gasteiger charge is -2.29. The second-order valence-electron chi connectivity index (χ2n) is 6.84. The third kappa shape index (κ3) is 2.96. The average molecular weight is 320 g/mol. The van der Waals surface area contributed by atoms with Crippen molar-refractivity contribution in [3.05, 3.63) is 70.8 Å². The van der Waals surface area contributed by atoms with Crippen molar-refractivity contribution in [2.75, 3.05) is 13.1 Å². The van der Waals surface area contributed by atoms with Gasteiger partial charge in [-0.15, -0.1) is 0 Å². The van der Waals surface area contributed by atoms with Crippen LogP contribution in [0.25, 0.3) is 0 Å². The second-order valence-corrected chi connectivity index (χ2v) is 6.84. The maximum atomic E-state index is 12.8. The van der Waals surface area contributed by atoms with Gasteiger partial charge in [-0.3, -0.25) is 4.79 Å². The standard InChI is InChI=1S/C21H24N2O/c24-21(19-11-5-8-15-6-1-3-9-17(15)19)23-14-20-18-10-4-2-7-16(18)12-13-22-20/h1-4,6-7,9-10,19-20,22H,5,8,11-14H2,(H,23,24). The molecule has 1 aliphatic heterocycles. The fourth-order valence-corrected chi connectivity index (χ4v) is 4.13. The SMILES string of the molecule is O=C(NCC1NCCc2ccccc21)C1CCCc2ccccc21. The molecule has 2 aromatic rings. The highest BCUT2D eigenvalue weighted by molar-refractivity contribution is 5.84. The van der Waals surface area contributed by atoms with Gasteiger partial charge in [0.1, 0.15) is 0 Å². The van der Waals surface area contributed by atoms with Gasteiger partial charge in [0.2, 0.25) is 5.91 Å². The molecule has 0 saturated heterocycles. The first-order valence-electron chi connectivity index (χ1n) is 8.99. The lowest BCUT2D eigenvalue weighted by molar-refractivity contribution is -0.123. The molecule has 0 bridgehead atoms. The van der Waals surface area contributed by atoms with Crippen molar-refractivity contribution < 1.29 is 4.79 Å². The first-order chi connectivity index (χ1) is 11.8. The molecular weight excluding hydrogens is 296 g/mol. The maximum absolute atomic E-state index is 12.8. The molecule has 4 rings (SSSR count). The van der Waals surface area contributed by atoms with E-state index in [9.17, 15) is 4.79 Å². The van der Waals surface area contributed by atoms with Gasteiger partial charge in [-0.25, -0.2) is 0 Å². The molecule has 1 amide bonds. The van der Waals surface area contributed by atoms with Gasteiger partial charge < -0.3 is 10.6 Å². The summed E-state index contributed by atoms with van der Waals surface area (Å²) in [5.74, 6) is 0.181. The third-order valence-corrected chi connectivity index (χ3v) is 5.38. The van der Waals surface area contributed by atoms with E-state index in [1.165, 1.54) is 22.3 Å². The van der Waals surface area contributed by atoms with E-state index >= 15 is 0 Å². The summed E-state index contributed by atoms with van der Waals surface area (Å²) in [7, 11) is 0. The van der Waals surface area contributed by atoms with E-state index in [0.717, 1.165) is 32.2 Å². The number of amides is 1. The molecule has 3 heteroatoms. The predicted molar refractivity (Wildman–Crippen MR) is 96.0 cm³/mol. The summed E-state index contributed by atoms with van der Waals surface area (Å²) in [4.78, 5) is 12.8. The predicted octanol–water partition coefficient (Wildman–Crippen LogP) is 3.11. The monoisotopic (exact) mass is 320 g/mol. The molecule has 2 atom stereocenters. The van der Waals surface area contributed by atoms with Crippen LogP contribution in [0.5, 0.6) is 0 Å². The van der Waals surface area contributed by atoms with Crippen LogP contribution in [0.4, 0.5) is 0 Å². The molecule has 1 aliphatic carbocycles. The van der Waals surface area contributed by atoms with Gasteiger partial charge in [0.25, 0.3) is 0 Å². The number of carbonyl (C=O) groups excluding carboxylic acids is 1. The lowest BCUT2D eigenvalue weighted by atomic mass is 9.82. The second kappa shape index (κ2) is 6.78. The highest BCUT2D eigenvalue weighted by Gasteiger charge is 2.27. The zero-order valence-electron chi connectivity index (χ0n) is 13.9. The van der Waals surface area contributed by atoms with Crippen LogP contribution in [-0.4, -0.2) is 19.0 Å². The van der Waals surface area contributed by atoms with Crippen LogP contribution in [0.2, 0.25) is 0 Å². The molecule has 2 aromatic carbocycles. The maximum Gasteiger partial charge on any atom is 0.227 e. The molecule has 1 heterocycles. The molecule has 124 valence electrons. The van der Waals surface area contributed by atoms with E-state index < -0.39 is 0 Å². The van der Waals surface area contributed by atoms with Gasteiger partial charge >= 0.3 is 0 Å². The molecular formula is C21H24N2O. The van der Waals surface area contributed by atoms with Crippen LogP contribution in [0.3, 0.4) is 0 Å². The third-order valence-electron chi connectivity index (χ3n) is 5.38. The Hall–Kier alpha value is -2.13. The van der Waals surface area contributed by atoms with E-state index in [-0.39, 0.29) is 17.9 Å². The Morgan fingerprint density at radius 2 is 1.71 bits per heavy atom. The largest absolute Gasteiger partial charge is 0.354 e. The number of fused-ring (bicyclic) bond motifs is 2. The topological polar surface area (TPSA) is 41.1 Å². The van der Waals surface area contributed by atoms with E-state index in [1.54, 1.807) is 0 Å².